The number of anilines is 1. The van der Waals surface area contributed by atoms with Gasteiger partial charge in [-0.2, -0.15) is 0 Å². The normalized spacial score (nSPS) is 18.4. The molecular weight excluding hydrogens is 517 g/mol. The first-order valence-electron chi connectivity index (χ1n) is 11.2. The summed E-state index contributed by atoms with van der Waals surface area (Å²) < 4.78 is 11.7. The van der Waals surface area contributed by atoms with Crippen molar-refractivity contribution in [1.29, 1.82) is 0 Å². The molecule has 0 amide bonds. The minimum absolute atomic E-state index is 0. The number of guanidine groups is 1. The van der Waals surface area contributed by atoms with Crippen molar-refractivity contribution in [3.05, 3.63) is 53.2 Å². The molecule has 2 aliphatic heterocycles. The fourth-order valence-electron chi connectivity index (χ4n) is 3.98. The number of nitrogens with one attached hydrogen (secondary N) is 2. The summed E-state index contributed by atoms with van der Waals surface area (Å²) in [5, 5.41) is 6.82. The molecule has 0 saturated carbocycles. The lowest BCUT2D eigenvalue weighted by Crippen LogP contribution is -2.36. The predicted octanol–water partition coefficient (Wildman–Crippen LogP) is 3.64. The van der Waals surface area contributed by atoms with Gasteiger partial charge in [0.05, 0.1) is 13.2 Å². The highest BCUT2D eigenvalue weighted by Crippen LogP contribution is 2.24. The molecule has 0 radical (unpaired) electrons. The van der Waals surface area contributed by atoms with E-state index in [0.717, 1.165) is 49.2 Å². The van der Waals surface area contributed by atoms with E-state index in [0.29, 0.717) is 19.7 Å². The Labute approximate surface area is 208 Å². The Bertz CT molecular complexity index is 896. The van der Waals surface area contributed by atoms with Gasteiger partial charge >= 0.3 is 0 Å². The molecule has 4 rings (SSSR count). The molecule has 3 heterocycles. The fourth-order valence-corrected chi connectivity index (χ4v) is 3.98. The van der Waals surface area contributed by atoms with Crippen molar-refractivity contribution in [1.82, 2.24) is 15.6 Å². The Morgan fingerprint density at radius 3 is 2.75 bits per heavy atom. The van der Waals surface area contributed by atoms with E-state index in [1.165, 1.54) is 24.0 Å². The zero-order valence-electron chi connectivity index (χ0n) is 19.0. The van der Waals surface area contributed by atoms with Gasteiger partial charge in [-0.25, -0.2) is 4.98 Å². The van der Waals surface area contributed by atoms with Gasteiger partial charge in [-0.15, -0.1) is 24.0 Å². The van der Waals surface area contributed by atoms with Crippen LogP contribution in [-0.4, -0.2) is 50.4 Å². The highest BCUT2D eigenvalue weighted by atomic mass is 127. The number of pyridine rings is 1. The fraction of sp³-hybridized carbons (Fsp3) is 0.500. The van der Waals surface area contributed by atoms with Crippen molar-refractivity contribution >= 4 is 35.8 Å². The second-order valence-corrected chi connectivity index (χ2v) is 8.21. The number of hydrogen-bond acceptors (Lipinski definition) is 5. The Hall–Kier alpha value is -2.07. The van der Waals surface area contributed by atoms with Crippen LogP contribution in [-0.2, 0) is 17.8 Å². The average molecular weight is 551 g/mol. The van der Waals surface area contributed by atoms with Gasteiger partial charge < -0.3 is 25.0 Å². The quantitative estimate of drug-likeness (QED) is 0.311. The van der Waals surface area contributed by atoms with E-state index < -0.39 is 0 Å². The summed E-state index contributed by atoms with van der Waals surface area (Å²) in [5.41, 5.74) is 3.49. The highest BCUT2D eigenvalue weighted by Gasteiger charge is 2.19. The first-order valence-corrected chi connectivity index (χ1v) is 11.2. The molecule has 2 fully saturated rings. The van der Waals surface area contributed by atoms with Gasteiger partial charge in [0.1, 0.15) is 17.7 Å². The molecule has 1 aromatic carbocycles. The monoisotopic (exact) mass is 551 g/mol. The Morgan fingerprint density at radius 2 is 2.00 bits per heavy atom. The molecule has 7 nitrogen and oxygen atoms in total. The van der Waals surface area contributed by atoms with Crippen molar-refractivity contribution in [3.8, 4) is 5.75 Å². The van der Waals surface area contributed by atoms with Gasteiger partial charge in [-0.1, -0.05) is 12.1 Å². The van der Waals surface area contributed by atoms with Gasteiger partial charge in [0.25, 0.3) is 0 Å². The third kappa shape index (κ3) is 6.71. The summed E-state index contributed by atoms with van der Waals surface area (Å²) in [5.74, 6) is 2.75. The smallest absolute Gasteiger partial charge is 0.191 e. The third-order valence-electron chi connectivity index (χ3n) is 5.77. The van der Waals surface area contributed by atoms with E-state index >= 15 is 0 Å². The molecule has 32 heavy (non-hydrogen) atoms. The van der Waals surface area contributed by atoms with Crippen molar-refractivity contribution < 1.29 is 9.47 Å². The molecule has 174 valence electrons. The van der Waals surface area contributed by atoms with Crippen LogP contribution in [0.2, 0.25) is 0 Å². The minimum Gasteiger partial charge on any atom is -0.488 e. The van der Waals surface area contributed by atoms with E-state index in [4.69, 9.17) is 9.47 Å². The first kappa shape index (κ1) is 24.6. The first-order chi connectivity index (χ1) is 15.2. The number of benzene rings is 1. The van der Waals surface area contributed by atoms with Gasteiger partial charge in [0, 0.05) is 51.4 Å². The molecule has 0 spiro atoms. The molecule has 0 aliphatic carbocycles. The molecule has 8 heteroatoms. The molecule has 0 bridgehead atoms. The molecule has 2 N–H and O–H groups in total. The topological polar surface area (TPSA) is 71.0 Å². The maximum atomic E-state index is 6.21. The summed E-state index contributed by atoms with van der Waals surface area (Å²) in [6.45, 7) is 7.05. The number of ether oxygens (including phenoxy) is 2. The summed E-state index contributed by atoms with van der Waals surface area (Å²) in [7, 11) is 1.79. The summed E-state index contributed by atoms with van der Waals surface area (Å²) in [6.07, 6.45) is 5.46. The number of rotatable bonds is 7. The van der Waals surface area contributed by atoms with Gasteiger partial charge in [0.2, 0.25) is 0 Å². The summed E-state index contributed by atoms with van der Waals surface area (Å²) in [4.78, 5) is 11.3. The van der Waals surface area contributed by atoms with Crippen LogP contribution in [0.15, 0.2) is 41.5 Å². The number of aryl methyl sites for hydroxylation is 1. The van der Waals surface area contributed by atoms with E-state index in [2.05, 4.69) is 62.8 Å². The van der Waals surface area contributed by atoms with E-state index in [1.54, 1.807) is 7.05 Å². The van der Waals surface area contributed by atoms with Crippen LogP contribution in [0.25, 0.3) is 0 Å². The maximum absolute atomic E-state index is 6.21. The number of aromatic nitrogens is 1. The number of hydrogen-bond donors (Lipinski definition) is 2. The van der Waals surface area contributed by atoms with Crippen LogP contribution in [0, 0.1) is 6.92 Å². The largest absolute Gasteiger partial charge is 0.488 e. The minimum atomic E-state index is 0. The van der Waals surface area contributed by atoms with Crippen LogP contribution < -0.4 is 20.3 Å². The van der Waals surface area contributed by atoms with Gasteiger partial charge in [0.15, 0.2) is 5.96 Å². The summed E-state index contributed by atoms with van der Waals surface area (Å²) >= 11 is 0. The van der Waals surface area contributed by atoms with Crippen LogP contribution >= 0.6 is 24.0 Å². The lowest BCUT2D eigenvalue weighted by molar-refractivity contribution is 0.140. The van der Waals surface area contributed by atoms with Crippen LogP contribution in [0.4, 0.5) is 5.82 Å². The van der Waals surface area contributed by atoms with Crippen LogP contribution in [0.5, 0.6) is 5.75 Å². The standard InChI is InChI=1S/C24H33N5O2.HI/c1-18-5-6-20(22(13-18)31-21-8-12-30-17-21)16-28-24(25-2)27-15-19-7-9-26-23(14-19)29-10-3-4-11-29;/h5-7,9,13-14,21H,3-4,8,10-12,15-17H2,1-2H3,(H2,25,27,28);1H. The molecule has 2 aromatic rings. The SMILES string of the molecule is CN=C(NCc1ccnc(N2CCCC2)c1)NCc1ccc(C)cc1OC1CCOC1.I. The van der Waals surface area contributed by atoms with Crippen molar-refractivity contribution in [2.45, 2.75) is 45.4 Å². The number of aliphatic imine (C=N–C) groups is 1. The van der Waals surface area contributed by atoms with Crippen molar-refractivity contribution in [3.63, 3.8) is 0 Å². The van der Waals surface area contributed by atoms with Gasteiger partial charge in [-0.05, 0) is 49.1 Å². The second-order valence-electron chi connectivity index (χ2n) is 8.21. The van der Waals surface area contributed by atoms with Crippen LogP contribution in [0.3, 0.4) is 0 Å². The maximum Gasteiger partial charge on any atom is 0.191 e. The zero-order valence-corrected chi connectivity index (χ0v) is 21.3. The second kappa shape index (κ2) is 12.2. The van der Waals surface area contributed by atoms with E-state index in [9.17, 15) is 0 Å². The lowest BCUT2D eigenvalue weighted by Gasteiger charge is -2.19. The predicted molar refractivity (Wildman–Crippen MR) is 139 cm³/mol. The average Bonchev–Trinajstić information content (AvgIpc) is 3.50. The third-order valence-corrected chi connectivity index (χ3v) is 5.77. The van der Waals surface area contributed by atoms with Gasteiger partial charge in [-0.3, -0.25) is 4.99 Å². The highest BCUT2D eigenvalue weighted by molar-refractivity contribution is 14.0. The molecule has 2 saturated heterocycles. The number of halogens is 1. The Balaban J connectivity index is 0.00000289. The molecular formula is C24H34IN5O2. The van der Waals surface area contributed by atoms with E-state index in [-0.39, 0.29) is 30.1 Å². The molecule has 2 aliphatic rings. The van der Waals surface area contributed by atoms with Crippen molar-refractivity contribution in [2.75, 3.05) is 38.3 Å². The lowest BCUT2D eigenvalue weighted by atomic mass is 10.1. The van der Waals surface area contributed by atoms with Crippen LogP contribution in [0.1, 0.15) is 36.0 Å². The molecule has 1 atom stereocenters. The number of nitrogens with zero attached hydrogens (tertiary/aromatic N) is 3. The molecule has 1 aromatic heterocycles. The Morgan fingerprint density at radius 1 is 1.19 bits per heavy atom. The Kier molecular flexibility index (Phi) is 9.40. The van der Waals surface area contributed by atoms with Crippen molar-refractivity contribution in [2.24, 2.45) is 4.99 Å². The van der Waals surface area contributed by atoms with E-state index in [1.807, 2.05) is 6.20 Å². The summed E-state index contributed by atoms with van der Waals surface area (Å²) in [6, 6.07) is 10.5. The molecule has 1 unspecified atom stereocenters. The zero-order chi connectivity index (χ0) is 21.5.